The maximum absolute atomic E-state index is 12.5. The van der Waals surface area contributed by atoms with Gasteiger partial charge in [0.05, 0.1) is 11.9 Å². The number of halogens is 1. The Morgan fingerprint density at radius 3 is 2.87 bits per heavy atom. The van der Waals surface area contributed by atoms with Crippen molar-refractivity contribution in [3.63, 3.8) is 0 Å². The van der Waals surface area contributed by atoms with Crippen LogP contribution in [0.1, 0.15) is 26.7 Å². The first-order valence-electron chi connectivity index (χ1n) is 5.06. The number of pyridine rings is 1. The van der Waals surface area contributed by atoms with Gasteiger partial charge in [-0.1, -0.05) is 20.3 Å². The van der Waals surface area contributed by atoms with Gasteiger partial charge in [-0.05, 0) is 18.6 Å². The molecule has 1 heterocycles. The second-order valence-corrected chi connectivity index (χ2v) is 3.55. The maximum atomic E-state index is 12.5. The lowest BCUT2D eigenvalue weighted by atomic mass is 10.1. The molecule has 0 saturated carbocycles. The van der Waals surface area contributed by atoms with Gasteiger partial charge >= 0.3 is 0 Å². The number of nitrogens with one attached hydrogen (secondary N) is 1. The van der Waals surface area contributed by atoms with Gasteiger partial charge in [0, 0.05) is 5.92 Å². The van der Waals surface area contributed by atoms with Crippen LogP contribution in [-0.2, 0) is 4.79 Å². The molecular formula is C11H15FN2O. The van der Waals surface area contributed by atoms with E-state index < -0.39 is 5.95 Å². The summed E-state index contributed by atoms with van der Waals surface area (Å²) in [5.74, 6) is -0.625. The highest BCUT2D eigenvalue weighted by Gasteiger charge is 2.11. The Hall–Kier alpha value is -1.45. The first-order chi connectivity index (χ1) is 7.13. The van der Waals surface area contributed by atoms with E-state index in [1.165, 1.54) is 18.3 Å². The summed E-state index contributed by atoms with van der Waals surface area (Å²) in [6.45, 7) is 3.90. The number of aromatic nitrogens is 1. The predicted octanol–water partition coefficient (Wildman–Crippen LogP) is 2.60. The van der Waals surface area contributed by atoms with Gasteiger partial charge < -0.3 is 5.32 Å². The number of amides is 1. The summed E-state index contributed by atoms with van der Waals surface area (Å²) in [6.07, 6.45) is 3.13. The number of carbonyl (C=O) groups excluding carboxylic acids is 1. The summed E-state index contributed by atoms with van der Waals surface area (Å²) in [5.41, 5.74) is 0.532. The van der Waals surface area contributed by atoms with Crippen molar-refractivity contribution in [2.45, 2.75) is 26.7 Å². The number of nitrogens with zero attached hydrogens (tertiary/aromatic N) is 1. The zero-order valence-electron chi connectivity index (χ0n) is 8.96. The molecule has 1 amide bonds. The lowest BCUT2D eigenvalue weighted by Gasteiger charge is -2.10. The minimum absolute atomic E-state index is 0.0277. The first kappa shape index (κ1) is 11.6. The second kappa shape index (κ2) is 5.44. The van der Waals surface area contributed by atoms with Crippen LogP contribution < -0.4 is 5.32 Å². The normalized spacial score (nSPS) is 12.2. The van der Waals surface area contributed by atoms with E-state index in [4.69, 9.17) is 0 Å². The van der Waals surface area contributed by atoms with Crippen molar-refractivity contribution >= 4 is 11.6 Å². The molecule has 0 aromatic carbocycles. The van der Waals surface area contributed by atoms with Gasteiger partial charge in [-0.15, -0.1) is 0 Å². The average Bonchev–Trinajstić information content (AvgIpc) is 2.22. The van der Waals surface area contributed by atoms with Crippen LogP contribution in [0.3, 0.4) is 0 Å². The van der Waals surface area contributed by atoms with E-state index in [2.05, 4.69) is 10.3 Å². The molecular weight excluding hydrogens is 195 g/mol. The van der Waals surface area contributed by atoms with E-state index in [-0.39, 0.29) is 11.8 Å². The van der Waals surface area contributed by atoms with Crippen LogP contribution in [-0.4, -0.2) is 10.9 Å². The Morgan fingerprint density at radius 1 is 1.60 bits per heavy atom. The van der Waals surface area contributed by atoms with E-state index >= 15 is 0 Å². The molecule has 1 N–H and O–H groups in total. The van der Waals surface area contributed by atoms with E-state index in [1.807, 2.05) is 13.8 Å². The highest BCUT2D eigenvalue weighted by Crippen LogP contribution is 2.10. The summed E-state index contributed by atoms with van der Waals surface area (Å²) < 4.78 is 12.5. The second-order valence-electron chi connectivity index (χ2n) is 3.55. The number of rotatable bonds is 4. The molecule has 0 saturated heterocycles. The van der Waals surface area contributed by atoms with Crippen LogP contribution in [0.2, 0.25) is 0 Å². The van der Waals surface area contributed by atoms with Crippen LogP contribution >= 0.6 is 0 Å². The lowest BCUT2D eigenvalue weighted by molar-refractivity contribution is -0.119. The number of anilines is 1. The summed E-state index contributed by atoms with van der Waals surface area (Å²) in [5, 5.41) is 2.69. The SMILES string of the molecule is CCCC(C)C(=O)Nc1ccc(F)nc1. The largest absolute Gasteiger partial charge is 0.324 e. The van der Waals surface area contributed by atoms with Crippen LogP contribution in [0.5, 0.6) is 0 Å². The van der Waals surface area contributed by atoms with Gasteiger partial charge in [0.2, 0.25) is 11.9 Å². The molecule has 0 radical (unpaired) electrons. The summed E-state index contributed by atoms with van der Waals surface area (Å²) in [6, 6.07) is 2.72. The van der Waals surface area contributed by atoms with Crippen LogP contribution in [0.4, 0.5) is 10.1 Å². The highest BCUT2D eigenvalue weighted by atomic mass is 19.1. The fourth-order valence-electron chi connectivity index (χ4n) is 1.28. The predicted molar refractivity (Wildman–Crippen MR) is 56.9 cm³/mol. The van der Waals surface area contributed by atoms with Crippen molar-refractivity contribution in [1.82, 2.24) is 4.98 Å². The van der Waals surface area contributed by atoms with Crippen LogP contribution in [0, 0.1) is 11.9 Å². The van der Waals surface area contributed by atoms with Gasteiger partial charge in [0.25, 0.3) is 0 Å². The molecule has 1 atom stereocenters. The summed E-state index contributed by atoms with van der Waals surface area (Å²) >= 11 is 0. The van der Waals surface area contributed by atoms with Crippen molar-refractivity contribution in [2.75, 3.05) is 5.32 Å². The molecule has 1 rings (SSSR count). The van der Waals surface area contributed by atoms with E-state index in [9.17, 15) is 9.18 Å². The monoisotopic (exact) mass is 210 g/mol. The molecule has 82 valence electrons. The van der Waals surface area contributed by atoms with E-state index in [1.54, 1.807) is 0 Å². The number of hydrogen-bond acceptors (Lipinski definition) is 2. The van der Waals surface area contributed by atoms with E-state index in [0.717, 1.165) is 12.8 Å². The van der Waals surface area contributed by atoms with Crippen molar-refractivity contribution < 1.29 is 9.18 Å². The average molecular weight is 210 g/mol. The van der Waals surface area contributed by atoms with Crippen molar-refractivity contribution in [3.8, 4) is 0 Å². The molecule has 1 aromatic rings. The Labute approximate surface area is 88.7 Å². The van der Waals surface area contributed by atoms with Gasteiger partial charge in [-0.3, -0.25) is 4.79 Å². The summed E-state index contributed by atoms with van der Waals surface area (Å²) in [7, 11) is 0. The maximum Gasteiger partial charge on any atom is 0.227 e. The Morgan fingerprint density at radius 2 is 2.33 bits per heavy atom. The molecule has 0 fully saturated rings. The zero-order valence-corrected chi connectivity index (χ0v) is 8.96. The fourth-order valence-corrected chi connectivity index (χ4v) is 1.28. The fraction of sp³-hybridized carbons (Fsp3) is 0.455. The molecule has 0 aliphatic rings. The Kier molecular flexibility index (Phi) is 4.21. The zero-order chi connectivity index (χ0) is 11.3. The third-order valence-electron chi connectivity index (χ3n) is 2.16. The molecule has 0 spiro atoms. The molecule has 3 nitrogen and oxygen atoms in total. The number of carbonyl (C=O) groups is 1. The van der Waals surface area contributed by atoms with Crippen molar-refractivity contribution in [3.05, 3.63) is 24.3 Å². The molecule has 1 aromatic heterocycles. The van der Waals surface area contributed by atoms with Crippen molar-refractivity contribution in [1.29, 1.82) is 0 Å². The number of hydrogen-bond donors (Lipinski definition) is 1. The molecule has 0 bridgehead atoms. The minimum Gasteiger partial charge on any atom is -0.324 e. The summed E-state index contributed by atoms with van der Waals surface area (Å²) in [4.78, 5) is 15.0. The highest BCUT2D eigenvalue weighted by molar-refractivity contribution is 5.92. The van der Waals surface area contributed by atoms with Crippen LogP contribution in [0.15, 0.2) is 18.3 Å². The van der Waals surface area contributed by atoms with E-state index in [0.29, 0.717) is 5.69 Å². The lowest BCUT2D eigenvalue weighted by Crippen LogP contribution is -2.20. The smallest absolute Gasteiger partial charge is 0.227 e. The molecule has 0 aliphatic carbocycles. The molecule has 0 aliphatic heterocycles. The minimum atomic E-state index is -0.547. The third kappa shape index (κ3) is 3.65. The van der Waals surface area contributed by atoms with Gasteiger partial charge in [0.15, 0.2) is 0 Å². The Bertz CT molecular complexity index is 324. The first-order valence-corrected chi connectivity index (χ1v) is 5.06. The van der Waals surface area contributed by atoms with Gasteiger partial charge in [-0.25, -0.2) is 4.98 Å². The molecule has 4 heteroatoms. The van der Waals surface area contributed by atoms with Gasteiger partial charge in [0.1, 0.15) is 0 Å². The third-order valence-corrected chi connectivity index (χ3v) is 2.16. The van der Waals surface area contributed by atoms with Gasteiger partial charge in [-0.2, -0.15) is 4.39 Å². The molecule has 15 heavy (non-hydrogen) atoms. The van der Waals surface area contributed by atoms with Crippen molar-refractivity contribution in [2.24, 2.45) is 5.92 Å². The molecule has 1 unspecified atom stereocenters. The Balaban J connectivity index is 2.54. The standard InChI is InChI=1S/C11H15FN2O/c1-3-4-8(2)11(15)14-9-5-6-10(12)13-7-9/h5-8H,3-4H2,1-2H3,(H,14,15). The van der Waals surface area contributed by atoms with Crippen LogP contribution in [0.25, 0.3) is 0 Å². The topological polar surface area (TPSA) is 42.0 Å². The quantitative estimate of drug-likeness (QED) is 0.776.